The van der Waals surface area contributed by atoms with E-state index in [0.29, 0.717) is 11.4 Å². The summed E-state index contributed by atoms with van der Waals surface area (Å²) in [6.45, 7) is 3.72. The molecule has 0 bridgehead atoms. The second kappa shape index (κ2) is 8.25. The maximum atomic E-state index is 12.0. The fourth-order valence-electron chi connectivity index (χ4n) is 2.23. The molecule has 2 rings (SSSR count). The van der Waals surface area contributed by atoms with Crippen molar-refractivity contribution in [1.29, 1.82) is 0 Å². The van der Waals surface area contributed by atoms with Crippen LogP contribution in [-0.2, 0) is 4.79 Å². The molecule has 0 saturated heterocycles. The SMILES string of the molecule is Cc1ccc(OCC(=O)NC(=S)Nc2ccccc2C(N)=O)c(C)c1. The molecule has 2 amide bonds. The number of nitrogens with two attached hydrogens (primary N) is 1. The van der Waals surface area contributed by atoms with Gasteiger partial charge in [0.2, 0.25) is 0 Å². The Hall–Kier alpha value is -2.93. The number of hydrogen-bond acceptors (Lipinski definition) is 4. The van der Waals surface area contributed by atoms with E-state index in [1.54, 1.807) is 24.3 Å². The Bertz CT molecular complexity index is 821. The van der Waals surface area contributed by atoms with Crippen LogP contribution in [0.25, 0.3) is 0 Å². The van der Waals surface area contributed by atoms with Crippen molar-refractivity contribution in [3.05, 3.63) is 59.2 Å². The van der Waals surface area contributed by atoms with Crippen LogP contribution in [0.5, 0.6) is 5.75 Å². The summed E-state index contributed by atoms with van der Waals surface area (Å²) in [5.74, 6) is -0.358. The molecular formula is C18H19N3O3S. The van der Waals surface area contributed by atoms with Crippen molar-refractivity contribution in [2.75, 3.05) is 11.9 Å². The highest BCUT2D eigenvalue weighted by Crippen LogP contribution is 2.18. The minimum absolute atomic E-state index is 0.0583. The number of thiocarbonyl (C=S) groups is 1. The number of nitrogens with one attached hydrogen (secondary N) is 2. The van der Waals surface area contributed by atoms with Gasteiger partial charge in [0.1, 0.15) is 5.75 Å². The second-order valence-corrected chi connectivity index (χ2v) is 5.88. The van der Waals surface area contributed by atoms with E-state index >= 15 is 0 Å². The summed E-state index contributed by atoms with van der Waals surface area (Å²) in [6.07, 6.45) is 0. The first-order valence-corrected chi connectivity index (χ1v) is 7.97. The van der Waals surface area contributed by atoms with E-state index in [1.165, 1.54) is 0 Å². The summed E-state index contributed by atoms with van der Waals surface area (Å²) >= 11 is 5.08. The smallest absolute Gasteiger partial charge is 0.264 e. The van der Waals surface area contributed by atoms with Crippen molar-refractivity contribution >= 4 is 34.8 Å². The van der Waals surface area contributed by atoms with E-state index < -0.39 is 11.8 Å². The lowest BCUT2D eigenvalue weighted by Gasteiger charge is -2.13. The summed E-state index contributed by atoms with van der Waals surface area (Å²) < 4.78 is 5.49. The van der Waals surface area contributed by atoms with Gasteiger partial charge in [-0.1, -0.05) is 29.8 Å². The van der Waals surface area contributed by atoms with Gasteiger partial charge in [0, 0.05) is 0 Å². The molecule has 0 aliphatic carbocycles. The van der Waals surface area contributed by atoms with Gasteiger partial charge >= 0.3 is 0 Å². The van der Waals surface area contributed by atoms with Crippen LogP contribution in [0.3, 0.4) is 0 Å². The minimum Gasteiger partial charge on any atom is -0.483 e. The van der Waals surface area contributed by atoms with E-state index in [4.69, 9.17) is 22.7 Å². The Kier molecular flexibility index (Phi) is 6.08. The van der Waals surface area contributed by atoms with Crippen LogP contribution < -0.4 is 21.1 Å². The Morgan fingerprint density at radius 2 is 1.88 bits per heavy atom. The molecule has 0 saturated carbocycles. The number of para-hydroxylation sites is 1. The number of amides is 2. The van der Waals surface area contributed by atoms with Gasteiger partial charge in [-0.3, -0.25) is 14.9 Å². The maximum absolute atomic E-state index is 12.0. The highest BCUT2D eigenvalue weighted by molar-refractivity contribution is 7.80. The largest absolute Gasteiger partial charge is 0.483 e. The van der Waals surface area contributed by atoms with Crippen LogP contribution in [0.1, 0.15) is 21.5 Å². The zero-order chi connectivity index (χ0) is 18.4. The van der Waals surface area contributed by atoms with Crippen molar-refractivity contribution in [3.63, 3.8) is 0 Å². The topological polar surface area (TPSA) is 93.4 Å². The number of carbonyl (C=O) groups excluding carboxylic acids is 2. The molecule has 0 radical (unpaired) electrons. The molecular weight excluding hydrogens is 338 g/mol. The van der Waals surface area contributed by atoms with Gasteiger partial charge in [0.25, 0.3) is 11.8 Å². The Morgan fingerprint density at radius 3 is 2.56 bits per heavy atom. The number of aryl methyl sites for hydroxylation is 2. The molecule has 0 atom stereocenters. The molecule has 7 heteroatoms. The molecule has 0 aliphatic rings. The number of ether oxygens (including phenoxy) is 1. The first-order valence-electron chi connectivity index (χ1n) is 7.56. The standard InChI is InChI=1S/C18H19N3O3S/c1-11-7-8-15(12(2)9-11)24-10-16(22)21-18(25)20-14-6-4-3-5-13(14)17(19)23/h3-9H,10H2,1-2H3,(H2,19,23)(H2,20,21,22,25). The van der Waals surface area contributed by atoms with Crippen LogP contribution in [0, 0.1) is 13.8 Å². The first-order chi connectivity index (χ1) is 11.9. The molecule has 6 nitrogen and oxygen atoms in total. The molecule has 130 valence electrons. The van der Waals surface area contributed by atoms with Gasteiger partial charge in [-0.15, -0.1) is 0 Å². The quantitative estimate of drug-likeness (QED) is 0.714. The van der Waals surface area contributed by atoms with Crippen LogP contribution in [0.4, 0.5) is 5.69 Å². The van der Waals surface area contributed by atoms with Crippen LogP contribution in [0.15, 0.2) is 42.5 Å². The number of rotatable bonds is 5. The van der Waals surface area contributed by atoms with E-state index in [9.17, 15) is 9.59 Å². The predicted octanol–water partition coefficient (Wildman–Crippen LogP) is 2.29. The van der Waals surface area contributed by atoms with Gasteiger partial charge in [-0.25, -0.2) is 0 Å². The number of hydrogen-bond donors (Lipinski definition) is 3. The van der Waals surface area contributed by atoms with Crippen molar-refractivity contribution in [2.24, 2.45) is 5.73 Å². The third-order valence-corrected chi connectivity index (χ3v) is 3.59. The molecule has 2 aromatic rings. The lowest BCUT2D eigenvalue weighted by molar-refractivity contribution is -0.121. The molecule has 0 aromatic heterocycles. The molecule has 0 unspecified atom stereocenters. The highest BCUT2D eigenvalue weighted by atomic mass is 32.1. The van der Waals surface area contributed by atoms with E-state index in [-0.39, 0.29) is 17.3 Å². The zero-order valence-corrected chi connectivity index (χ0v) is 14.8. The van der Waals surface area contributed by atoms with Crippen molar-refractivity contribution in [1.82, 2.24) is 5.32 Å². The maximum Gasteiger partial charge on any atom is 0.264 e. The zero-order valence-electron chi connectivity index (χ0n) is 14.0. The fraction of sp³-hybridized carbons (Fsp3) is 0.167. The summed E-state index contributed by atoms with van der Waals surface area (Å²) in [4.78, 5) is 23.3. The Morgan fingerprint density at radius 1 is 1.16 bits per heavy atom. The van der Waals surface area contributed by atoms with Gasteiger partial charge in [-0.05, 0) is 49.8 Å². The van der Waals surface area contributed by atoms with Crippen molar-refractivity contribution in [3.8, 4) is 5.75 Å². The minimum atomic E-state index is -0.588. The van der Waals surface area contributed by atoms with Crippen LogP contribution in [0.2, 0.25) is 0 Å². The molecule has 0 fully saturated rings. The average Bonchev–Trinajstić information content (AvgIpc) is 2.54. The second-order valence-electron chi connectivity index (χ2n) is 5.47. The molecule has 2 aromatic carbocycles. The lowest BCUT2D eigenvalue weighted by Crippen LogP contribution is -2.37. The van der Waals surface area contributed by atoms with Gasteiger partial charge in [0.15, 0.2) is 11.7 Å². The van der Waals surface area contributed by atoms with E-state index in [1.807, 2.05) is 32.0 Å². The number of benzene rings is 2. The summed E-state index contributed by atoms with van der Waals surface area (Å²) in [7, 11) is 0. The van der Waals surface area contributed by atoms with Crippen LogP contribution >= 0.6 is 12.2 Å². The first kappa shape index (κ1) is 18.4. The fourth-order valence-corrected chi connectivity index (χ4v) is 2.45. The van der Waals surface area contributed by atoms with Crippen LogP contribution in [-0.4, -0.2) is 23.5 Å². The molecule has 0 spiro atoms. The van der Waals surface area contributed by atoms with Crippen molar-refractivity contribution < 1.29 is 14.3 Å². The Balaban J connectivity index is 1.90. The molecule has 4 N–H and O–H groups in total. The molecule has 0 heterocycles. The third-order valence-electron chi connectivity index (χ3n) is 3.38. The average molecular weight is 357 g/mol. The normalized spacial score (nSPS) is 10.0. The lowest BCUT2D eigenvalue weighted by atomic mass is 10.1. The van der Waals surface area contributed by atoms with E-state index in [2.05, 4.69) is 10.6 Å². The number of anilines is 1. The van der Waals surface area contributed by atoms with Gasteiger partial charge in [0.05, 0.1) is 11.3 Å². The molecule has 25 heavy (non-hydrogen) atoms. The number of carbonyl (C=O) groups is 2. The highest BCUT2D eigenvalue weighted by Gasteiger charge is 2.11. The third kappa shape index (κ3) is 5.29. The number of primary amides is 1. The summed E-state index contributed by atoms with van der Waals surface area (Å²) in [5.41, 5.74) is 8.07. The molecule has 0 aliphatic heterocycles. The summed E-state index contributed by atoms with van der Waals surface area (Å²) in [5, 5.41) is 5.34. The summed E-state index contributed by atoms with van der Waals surface area (Å²) in [6, 6.07) is 12.3. The van der Waals surface area contributed by atoms with Gasteiger partial charge < -0.3 is 15.8 Å². The predicted molar refractivity (Wildman–Crippen MR) is 101 cm³/mol. The monoisotopic (exact) mass is 357 g/mol. The van der Waals surface area contributed by atoms with Crippen molar-refractivity contribution in [2.45, 2.75) is 13.8 Å². The Labute approximate surface area is 151 Å². The van der Waals surface area contributed by atoms with Gasteiger partial charge in [-0.2, -0.15) is 0 Å². The van der Waals surface area contributed by atoms with E-state index in [0.717, 1.165) is 11.1 Å².